The largest absolute Gasteiger partial charge is 0.493 e. The number of aliphatic hydroxyl groups excluding tert-OH is 1. The highest BCUT2D eigenvalue weighted by molar-refractivity contribution is 5.94. The first-order valence-electron chi connectivity index (χ1n) is 9.19. The number of aliphatic hydroxyl groups is 1. The van der Waals surface area contributed by atoms with Crippen LogP contribution >= 0.6 is 0 Å². The second-order valence-corrected chi connectivity index (χ2v) is 6.85. The molecule has 1 unspecified atom stereocenters. The van der Waals surface area contributed by atoms with E-state index in [1.165, 1.54) is 14.0 Å². The Bertz CT molecular complexity index is 839. The molecule has 29 heavy (non-hydrogen) atoms. The van der Waals surface area contributed by atoms with Crippen molar-refractivity contribution in [1.29, 1.82) is 0 Å². The number of amides is 1. The predicted molar refractivity (Wildman–Crippen MR) is 110 cm³/mol. The summed E-state index contributed by atoms with van der Waals surface area (Å²) in [6.07, 6.45) is 0.861. The van der Waals surface area contributed by atoms with E-state index in [-0.39, 0.29) is 31.4 Å². The van der Waals surface area contributed by atoms with Gasteiger partial charge in [0, 0.05) is 18.3 Å². The number of benzene rings is 1. The second kappa shape index (κ2) is 10.5. The number of likely N-dealkylation sites (N-methyl/N-ethyl adjacent to an activating group) is 1. The van der Waals surface area contributed by atoms with Gasteiger partial charge < -0.3 is 19.9 Å². The minimum atomic E-state index is -0.817. The average molecular weight is 401 g/mol. The Kier molecular flexibility index (Phi) is 8.11. The van der Waals surface area contributed by atoms with Crippen molar-refractivity contribution in [2.45, 2.75) is 20.0 Å². The summed E-state index contributed by atoms with van der Waals surface area (Å²) in [5.74, 6) is 1.04. The molecule has 1 heterocycles. The molecule has 0 saturated heterocycles. The van der Waals surface area contributed by atoms with Gasteiger partial charge in [-0.2, -0.15) is 0 Å². The van der Waals surface area contributed by atoms with Gasteiger partial charge in [0.25, 0.3) is 0 Å². The van der Waals surface area contributed by atoms with Crippen LogP contribution < -0.4 is 14.8 Å². The van der Waals surface area contributed by atoms with Crippen molar-refractivity contribution in [3.05, 3.63) is 47.7 Å². The fourth-order valence-electron chi connectivity index (χ4n) is 2.64. The maximum Gasteiger partial charge on any atom is 0.239 e. The number of carbonyl (C=O) groups is 2. The van der Waals surface area contributed by atoms with E-state index in [4.69, 9.17) is 9.47 Å². The molecule has 1 atom stereocenters. The maximum absolute atomic E-state index is 12.1. The number of ether oxygens (including phenoxy) is 2. The first-order chi connectivity index (χ1) is 13.8. The zero-order valence-corrected chi connectivity index (χ0v) is 17.1. The molecule has 2 N–H and O–H groups in total. The number of rotatable bonds is 10. The van der Waals surface area contributed by atoms with E-state index in [1.54, 1.807) is 42.4 Å². The number of ketones is 1. The number of pyridine rings is 1. The fraction of sp³-hybridized carbons (Fsp3) is 0.381. The summed E-state index contributed by atoms with van der Waals surface area (Å²) in [4.78, 5) is 29.4. The molecule has 0 aliphatic heterocycles. The van der Waals surface area contributed by atoms with Crippen LogP contribution in [-0.4, -0.2) is 66.6 Å². The first kappa shape index (κ1) is 22.3. The molecule has 0 bridgehead atoms. The van der Waals surface area contributed by atoms with Gasteiger partial charge in [-0.05, 0) is 50.7 Å². The van der Waals surface area contributed by atoms with Gasteiger partial charge in [-0.1, -0.05) is 6.07 Å². The Morgan fingerprint density at radius 3 is 2.62 bits per heavy atom. The Labute approximate surface area is 170 Å². The Hall–Kier alpha value is -2.97. The highest BCUT2D eigenvalue weighted by atomic mass is 16.5. The third kappa shape index (κ3) is 7.17. The van der Waals surface area contributed by atoms with E-state index in [0.29, 0.717) is 22.9 Å². The van der Waals surface area contributed by atoms with Crippen LogP contribution in [0.5, 0.6) is 11.5 Å². The molecule has 0 aliphatic rings. The number of hydrogen-bond donors (Lipinski definition) is 2. The minimum Gasteiger partial charge on any atom is -0.493 e. The zero-order chi connectivity index (χ0) is 21.4. The number of nitrogens with zero attached hydrogens (tertiary/aromatic N) is 2. The van der Waals surface area contributed by atoms with E-state index < -0.39 is 6.10 Å². The topological polar surface area (TPSA) is 101 Å². The lowest BCUT2D eigenvalue weighted by Gasteiger charge is -2.21. The van der Waals surface area contributed by atoms with Gasteiger partial charge in [-0.15, -0.1) is 0 Å². The molecule has 156 valence electrons. The summed E-state index contributed by atoms with van der Waals surface area (Å²) in [5.41, 5.74) is 1.53. The Morgan fingerprint density at radius 2 is 2.00 bits per heavy atom. The highest BCUT2D eigenvalue weighted by Gasteiger charge is 2.15. The van der Waals surface area contributed by atoms with E-state index in [1.807, 2.05) is 13.0 Å². The van der Waals surface area contributed by atoms with Crippen molar-refractivity contribution < 1.29 is 24.2 Å². The smallest absolute Gasteiger partial charge is 0.239 e. The molecule has 8 heteroatoms. The molecule has 1 aromatic carbocycles. The normalized spacial score (nSPS) is 11.8. The standard InChI is InChI=1S/C21H27N3O5/c1-14-5-8-20(22-10-14)23-21(27)12-24(3)11-17(26)13-29-18-7-6-16(15(2)25)9-19(18)28-4/h5-10,17,26H,11-13H2,1-4H3,(H,22,23,27). The number of methoxy groups -OCH3 is 1. The van der Waals surface area contributed by atoms with Gasteiger partial charge in [0.05, 0.1) is 13.7 Å². The highest BCUT2D eigenvalue weighted by Crippen LogP contribution is 2.28. The summed E-state index contributed by atoms with van der Waals surface area (Å²) in [6, 6.07) is 8.47. The van der Waals surface area contributed by atoms with Crippen LogP contribution in [0.1, 0.15) is 22.8 Å². The minimum absolute atomic E-state index is 0.0151. The number of carbonyl (C=O) groups excluding carboxylic acids is 2. The molecular formula is C21H27N3O5. The van der Waals surface area contributed by atoms with Crippen molar-refractivity contribution in [3.8, 4) is 11.5 Å². The molecule has 2 rings (SSSR count). The third-order valence-corrected chi connectivity index (χ3v) is 4.12. The number of anilines is 1. The molecular weight excluding hydrogens is 374 g/mol. The van der Waals surface area contributed by atoms with Gasteiger partial charge in [0.15, 0.2) is 17.3 Å². The van der Waals surface area contributed by atoms with Crippen LogP contribution in [0.4, 0.5) is 5.82 Å². The lowest BCUT2D eigenvalue weighted by Crippen LogP contribution is -2.37. The van der Waals surface area contributed by atoms with Crippen molar-refractivity contribution in [1.82, 2.24) is 9.88 Å². The van der Waals surface area contributed by atoms with E-state index in [0.717, 1.165) is 5.56 Å². The Morgan fingerprint density at radius 1 is 1.24 bits per heavy atom. The first-order valence-corrected chi connectivity index (χ1v) is 9.19. The number of aromatic nitrogens is 1. The average Bonchev–Trinajstić information content (AvgIpc) is 2.67. The van der Waals surface area contributed by atoms with Crippen molar-refractivity contribution in [2.24, 2.45) is 0 Å². The number of nitrogens with one attached hydrogen (secondary N) is 1. The quantitative estimate of drug-likeness (QED) is 0.587. The van der Waals surface area contributed by atoms with E-state index in [9.17, 15) is 14.7 Å². The van der Waals surface area contributed by atoms with Crippen molar-refractivity contribution in [2.75, 3.05) is 39.2 Å². The predicted octanol–water partition coefficient (Wildman–Crippen LogP) is 1.91. The number of aryl methyl sites for hydroxylation is 1. The molecule has 0 radical (unpaired) electrons. The van der Waals surface area contributed by atoms with Crippen LogP contribution in [0, 0.1) is 6.92 Å². The SMILES string of the molecule is COc1cc(C(C)=O)ccc1OCC(O)CN(C)CC(=O)Nc1ccc(C)cn1. The molecule has 0 spiro atoms. The second-order valence-electron chi connectivity index (χ2n) is 6.85. The molecule has 1 aromatic heterocycles. The number of hydrogen-bond acceptors (Lipinski definition) is 7. The monoisotopic (exact) mass is 401 g/mol. The summed E-state index contributed by atoms with van der Waals surface area (Å²) in [6.45, 7) is 3.75. The molecule has 8 nitrogen and oxygen atoms in total. The van der Waals surface area contributed by atoms with Crippen LogP contribution in [0.3, 0.4) is 0 Å². The summed E-state index contributed by atoms with van der Waals surface area (Å²) in [7, 11) is 3.21. The van der Waals surface area contributed by atoms with Gasteiger partial charge in [-0.3, -0.25) is 14.5 Å². The lowest BCUT2D eigenvalue weighted by molar-refractivity contribution is -0.117. The van der Waals surface area contributed by atoms with Crippen LogP contribution in [0.15, 0.2) is 36.5 Å². The zero-order valence-electron chi connectivity index (χ0n) is 17.1. The van der Waals surface area contributed by atoms with Gasteiger partial charge in [-0.25, -0.2) is 4.98 Å². The van der Waals surface area contributed by atoms with Gasteiger partial charge in [0.1, 0.15) is 18.5 Å². The maximum atomic E-state index is 12.1. The molecule has 2 aromatic rings. The molecule has 0 saturated carbocycles. The molecule has 0 fully saturated rings. The number of Topliss-reactive ketones (excluding diaryl/α,β-unsaturated/α-hetero) is 1. The fourth-order valence-corrected chi connectivity index (χ4v) is 2.64. The molecule has 1 amide bonds. The van der Waals surface area contributed by atoms with Crippen molar-refractivity contribution >= 4 is 17.5 Å². The third-order valence-electron chi connectivity index (χ3n) is 4.12. The lowest BCUT2D eigenvalue weighted by atomic mass is 10.1. The van der Waals surface area contributed by atoms with Gasteiger partial charge >= 0.3 is 0 Å². The molecule has 0 aliphatic carbocycles. The van der Waals surface area contributed by atoms with Crippen LogP contribution in [-0.2, 0) is 4.79 Å². The van der Waals surface area contributed by atoms with Crippen LogP contribution in [0.2, 0.25) is 0 Å². The summed E-state index contributed by atoms with van der Waals surface area (Å²) in [5, 5.41) is 12.9. The van der Waals surface area contributed by atoms with E-state index >= 15 is 0 Å². The van der Waals surface area contributed by atoms with E-state index in [2.05, 4.69) is 10.3 Å². The van der Waals surface area contributed by atoms with Crippen molar-refractivity contribution in [3.63, 3.8) is 0 Å². The van der Waals surface area contributed by atoms with Crippen LogP contribution in [0.25, 0.3) is 0 Å². The Balaban J connectivity index is 1.81. The van der Waals surface area contributed by atoms with Gasteiger partial charge in [0.2, 0.25) is 5.91 Å². The summed E-state index contributed by atoms with van der Waals surface area (Å²) >= 11 is 0. The summed E-state index contributed by atoms with van der Waals surface area (Å²) < 4.78 is 10.9.